The van der Waals surface area contributed by atoms with Crippen molar-refractivity contribution in [3.05, 3.63) is 34.5 Å². The molecule has 4 aliphatic heterocycles. The molecule has 0 N–H and O–H groups in total. The summed E-state index contributed by atoms with van der Waals surface area (Å²) in [6, 6.07) is 4.67. The van der Waals surface area contributed by atoms with E-state index in [2.05, 4.69) is 14.7 Å². The molecule has 4 aliphatic rings. The van der Waals surface area contributed by atoms with Crippen LogP contribution < -0.4 is 4.74 Å². The highest BCUT2D eigenvalue weighted by Gasteiger charge is 2.35. The number of rotatable bonds is 3. The minimum Gasteiger partial charge on any atom is -0.433 e. The van der Waals surface area contributed by atoms with Gasteiger partial charge in [0.25, 0.3) is 0 Å². The van der Waals surface area contributed by atoms with Crippen LogP contribution in [0.5, 0.6) is 5.75 Å². The summed E-state index contributed by atoms with van der Waals surface area (Å²) in [6.07, 6.45) is 2.56. The summed E-state index contributed by atoms with van der Waals surface area (Å²) in [6.45, 7) is 1.47. The third-order valence-corrected chi connectivity index (χ3v) is 6.62. The molecule has 3 fully saturated rings. The number of halogens is 3. The number of alkyl halides is 2. The fraction of sp³-hybridized carbons (Fsp3) is 0.524. The third kappa shape index (κ3) is 3.90. The first-order valence-corrected chi connectivity index (χ1v) is 10.9. The normalized spacial score (nSPS) is 23.0. The van der Waals surface area contributed by atoms with Crippen LogP contribution in [0.4, 0.5) is 13.6 Å². The fourth-order valence-corrected chi connectivity index (χ4v) is 4.95. The SMILES string of the molecule is O=C(N1CCN2CCC1CC2)n1nc(-c2ccc(OC(F)F)c(Cl)c2)c2c1COCC2. The minimum atomic E-state index is -2.95. The fourth-order valence-electron chi connectivity index (χ4n) is 4.73. The van der Waals surface area contributed by atoms with Crippen LogP contribution in [0.1, 0.15) is 24.1 Å². The maximum absolute atomic E-state index is 13.5. The second kappa shape index (κ2) is 8.37. The maximum atomic E-state index is 13.5. The molecule has 1 aromatic carbocycles. The molecule has 6 rings (SSSR count). The molecule has 0 saturated carbocycles. The zero-order valence-corrected chi connectivity index (χ0v) is 17.7. The summed E-state index contributed by atoms with van der Waals surface area (Å²) in [7, 11) is 0. The third-order valence-electron chi connectivity index (χ3n) is 6.33. The Hall–Kier alpha value is -2.23. The first-order valence-electron chi connectivity index (χ1n) is 10.5. The summed E-state index contributed by atoms with van der Waals surface area (Å²) < 4.78 is 36.6. The molecule has 3 saturated heterocycles. The van der Waals surface area contributed by atoms with Crippen molar-refractivity contribution in [1.29, 1.82) is 0 Å². The van der Waals surface area contributed by atoms with Crippen molar-refractivity contribution in [1.82, 2.24) is 19.6 Å². The average molecular weight is 453 g/mol. The molecule has 7 nitrogen and oxygen atoms in total. The number of aromatic nitrogens is 2. The number of hydrogen-bond acceptors (Lipinski definition) is 5. The highest BCUT2D eigenvalue weighted by atomic mass is 35.5. The smallest absolute Gasteiger partial charge is 0.387 e. The van der Waals surface area contributed by atoms with Gasteiger partial charge in [0.15, 0.2) is 0 Å². The Bertz CT molecular complexity index is 991. The summed E-state index contributed by atoms with van der Waals surface area (Å²) in [5.41, 5.74) is 2.95. The van der Waals surface area contributed by atoms with Gasteiger partial charge in [0, 0.05) is 43.3 Å². The second-order valence-corrected chi connectivity index (χ2v) is 8.47. The predicted molar refractivity (Wildman–Crippen MR) is 110 cm³/mol. The standard InChI is InChI=1S/C21H23ClF2N4O3/c22-16-11-13(1-2-18(16)31-20(23)24)19-15-5-10-30-12-17(15)28(25-19)21(29)27-9-8-26-6-3-14(27)4-7-26/h1-2,11,14,20H,3-10,12H2. The Morgan fingerprint density at radius 1 is 1.23 bits per heavy atom. The largest absolute Gasteiger partial charge is 0.433 e. The number of piperidine rings is 1. The highest BCUT2D eigenvalue weighted by molar-refractivity contribution is 6.32. The number of ether oxygens (including phenoxy) is 2. The zero-order chi connectivity index (χ0) is 21.5. The summed E-state index contributed by atoms with van der Waals surface area (Å²) in [5.74, 6) is -0.0940. The Kier molecular flexibility index (Phi) is 5.58. The Morgan fingerprint density at radius 3 is 2.77 bits per heavy atom. The number of amides is 1. The summed E-state index contributed by atoms with van der Waals surface area (Å²) in [4.78, 5) is 17.8. The van der Waals surface area contributed by atoms with Gasteiger partial charge in [-0.3, -0.25) is 0 Å². The average Bonchev–Trinajstić information content (AvgIpc) is 2.89. The van der Waals surface area contributed by atoms with E-state index in [0.717, 1.165) is 43.7 Å². The van der Waals surface area contributed by atoms with Crippen LogP contribution in [0.2, 0.25) is 5.02 Å². The quantitative estimate of drug-likeness (QED) is 0.711. The summed E-state index contributed by atoms with van der Waals surface area (Å²) in [5, 5.41) is 4.73. The molecule has 31 heavy (non-hydrogen) atoms. The van der Waals surface area contributed by atoms with Gasteiger partial charge in [-0.2, -0.15) is 18.6 Å². The number of carbonyl (C=O) groups is 1. The minimum absolute atomic E-state index is 0.0676. The van der Waals surface area contributed by atoms with E-state index in [9.17, 15) is 13.6 Å². The number of nitrogens with zero attached hydrogens (tertiary/aromatic N) is 4. The maximum Gasteiger partial charge on any atom is 0.387 e. The zero-order valence-electron chi connectivity index (χ0n) is 16.9. The molecular formula is C21H23ClF2N4O3. The van der Waals surface area contributed by atoms with E-state index in [1.807, 2.05) is 4.90 Å². The Morgan fingerprint density at radius 2 is 2.03 bits per heavy atom. The lowest BCUT2D eigenvalue weighted by Crippen LogP contribution is -2.44. The molecule has 2 aromatic rings. The number of hydrogen-bond donors (Lipinski definition) is 0. The highest BCUT2D eigenvalue weighted by Crippen LogP contribution is 2.35. The van der Waals surface area contributed by atoms with Crippen LogP contribution in [-0.2, 0) is 17.8 Å². The van der Waals surface area contributed by atoms with Crippen LogP contribution in [0, 0.1) is 0 Å². The van der Waals surface area contributed by atoms with Crippen molar-refractivity contribution in [2.75, 3.05) is 32.8 Å². The molecule has 2 bridgehead atoms. The van der Waals surface area contributed by atoms with Crippen molar-refractivity contribution in [3.63, 3.8) is 0 Å². The van der Waals surface area contributed by atoms with E-state index < -0.39 is 6.61 Å². The molecule has 10 heteroatoms. The summed E-state index contributed by atoms with van der Waals surface area (Å²) >= 11 is 6.16. The molecule has 0 atom stereocenters. The van der Waals surface area contributed by atoms with Crippen molar-refractivity contribution < 1.29 is 23.0 Å². The lowest BCUT2D eigenvalue weighted by atomic mass is 10.0. The van der Waals surface area contributed by atoms with Gasteiger partial charge in [-0.15, -0.1) is 0 Å². The lowest BCUT2D eigenvalue weighted by Gasteiger charge is -2.31. The molecule has 1 aromatic heterocycles. The van der Waals surface area contributed by atoms with Gasteiger partial charge < -0.3 is 19.3 Å². The van der Waals surface area contributed by atoms with Crippen LogP contribution in [0.3, 0.4) is 0 Å². The molecule has 0 spiro atoms. The van der Waals surface area contributed by atoms with E-state index in [4.69, 9.17) is 16.3 Å². The van der Waals surface area contributed by atoms with Gasteiger partial charge in [-0.1, -0.05) is 11.6 Å². The van der Waals surface area contributed by atoms with E-state index in [1.54, 1.807) is 12.1 Å². The van der Waals surface area contributed by atoms with Gasteiger partial charge in [-0.05, 0) is 37.5 Å². The van der Waals surface area contributed by atoms with Gasteiger partial charge in [0.2, 0.25) is 0 Å². The van der Waals surface area contributed by atoms with E-state index >= 15 is 0 Å². The Labute approximate surface area is 183 Å². The molecular weight excluding hydrogens is 430 g/mol. The predicted octanol–water partition coefficient (Wildman–Crippen LogP) is 3.63. The van der Waals surface area contributed by atoms with Crippen molar-refractivity contribution in [3.8, 4) is 17.0 Å². The second-order valence-electron chi connectivity index (χ2n) is 8.06. The van der Waals surface area contributed by atoms with Crippen LogP contribution in [0.25, 0.3) is 11.3 Å². The van der Waals surface area contributed by atoms with Crippen LogP contribution in [-0.4, -0.2) is 71.1 Å². The topological polar surface area (TPSA) is 59.8 Å². The number of benzene rings is 1. The lowest BCUT2D eigenvalue weighted by molar-refractivity contribution is -0.0497. The molecule has 0 aliphatic carbocycles. The molecule has 1 amide bonds. The Balaban J connectivity index is 1.50. The first-order chi connectivity index (χ1) is 15.0. The molecule has 0 unspecified atom stereocenters. The first kappa shape index (κ1) is 20.7. The van der Waals surface area contributed by atoms with Gasteiger partial charge in [-0.25, -0.2) is 4.79 Å². The van der Waals surface area contributed by atoms with Gasteiger partial charge >= 0.3 is 12.6 Å². The number of fused-ring (bicyclic) bond motifs is 5. The molecule has 0 radical (unpaired) electrons. The molecule has 166 valence electrons. The van der Waals surface area contributed by atoms with Crippen LogP contribution >= 0.6 is 11.6 Å². The van der Waals surface area contributed by atoms with Crippen LogP contribution in [0.15, 0.2) is 18.2 Å². The van der Waals surface area contributed by atoms with Gasteiger partial charge in [0.1, 0.15) is 5.75 Å². The van der Waals surface area contributed by atoms with Crippen molar-refractivity contribution in [2.24, 2.45) is 0 Å². The van der Waals surface area contributed by atoms with Crippen molar-refractivity contribution >= 4 is 17.6 Å². The monoisotopic (exact) mass is 452 g/mol. The molecule has 5 heterocycles. The van der Waals surface area contributed by atoms with E-state index in [1.165, 1.54) is 10.7 Å². The van der Waals surface area contributed by atoms with E-state index in [0.29, 0.717) is 37.4 Å². The van der Waals surface area contributed by atoms with Gasteiger partial charge in [0.05, 0.1) is 29.6 Å². The number of carbonyl (C=O) groups excluding carboxylic acids is 1. The van der Waals surface area contributed by atoms with E-state index in [-0.39, 0.29) is 22.8 Å². The van der Waals surface area contributed by atoms with Crippen molar-refractivity contribution in [2.45, 2.75) is 38.5 Å².